The summed E-state index contributed by atoms with van der Waals surface area (Å²) in [6.45, 7) is 4.41. The first-order valence-corrected chi connectivity index (χ1v) is 12.1. The topological polar surface area (TPSA) is 0 Å². The summed E-state index contributed by atoms with van der Waals surface area (Å²) in [6, 6.07) is 26.4. The molecule has 0 nitrogen and oxygen atoms in total. The molecule has 0 spiro atoms. The van der Waals surface area contributed by atoms with Crippen LogP contribution in [-0.4, -0.2) is 0 Å². The summed E-state index contributed by atoms with van der Waals surface area (Å²) in [5.41, 5.74) is 6.12. The highest BCUT2D eigenvalue weighted by atomic mass is 19.1. The van der Waals surface area contributed by atoms with E-state index < -0.39 is 0 Å². The van der Waals surface area contributed by atoms with Crippen molar-refractivity contribution >= 4 is 10.8 Å². The monoisotopic (exact) mass is 434 g/mol. The minimum atomic E-state index is -0.170. The summed E-state index contributed by atoms with van der Waals surface area (Å²) in [7, 11) is 0. The van der Waals surface area contributed by atoms with Gasteiger partial charge in [0, 0.05) is 22.1 Å². The zero-order valence-corrected chi connectivity index (χ0v) is 19.6. The Morgan fingerprint density at radius 2 is 1.21 bits per heavy atom. The Morgan fingerprint density at radius 3 is 1.85 bits per heavy atom. The maximum Gasteiger partial charge on any atom is 0.138 e. The van der Waals surface area contributed by atoms with Gasteiger partial charge in [-0.15, -0.1) is 0 Å². The molecule has 0 bridgehead atoms. The number of fused-ring (bicyclic) bond motifs is 1. The Labute approximate surface area is 197 Å². The molecule has 0 unspecified atom stereocenters. The van der Waals surface area contributed by atoms with Crippen LogP contribution >= 0.6 is 0 Å². The van der Waals surface area contributed by atoms with Gasteiger partial charge in [-0.25, -0.2) is 4.39 Å². The number of aryl methyl sites for hydroxylation is 2. The molecule has 0 aromatic heterocycles. The Kier molecular flexibility index (Phi) is 7.59. The molecule has 0 saturated heterocycles. The van der Waals surface area contributed by atoms with Gasteiger partial charge in [0.2, 0.25) is 0 Å². The van der Waals surface area contributed by atoms with E-state index in [1.165, 1.54) is 36.8 Å². The van der Waals surface area contributed by atoms with Crippen LogP contribution in [0.25, 0.3) is 21.9 Å². The van der Waals surface area contributed by atoms with Crippen LogP contribution in [0.5, 0.6) is 0 Å². The third kappa shape index (κ3) is 5.71. The molecule has 166 valence electrons. The predicted octanol–water partition coefficient (Wildman–Crippen LogP) is 8.73. The fourth-order valence-electron chi connectivity index (χ4n) is 4.10. The molecular formula is C32H31F. The molecule has 0 radical (unpaired) electrons. The highest BCUT2D eigenvalue weighted by Gasteiger charge is 2.10. The maximum absolute atomic E-state index is 15.3. The molecule has 0 heterocycles. The lowest BCUT2D eigenvalue weighted by molar-refractivity contribution is 0.643. The van der Waals surface area contributed by atoms with Crippen molar-refractivity contribution in [3.05, 3.63) is 107 Å². The van der Waals surface area contributed by atoms with E-state index in [0.29, 0.717) is 10.9 Å². The fourth-order valence-corrected chi connectivity index (χ4v) is 4.10. The number of benzene rings is 4. The van der Waals surface area contributed by atoms with Crippen LogP contribution in [0.15, 0.2) is 78.9 Å². The SMILES string of the molecule is CCCCc1ccc(C#Cc2ccc3c(F)c(-c4ccc(CCCC)cc4)ccc3c2)cc1. The fraction of sp³-hybridized carbons (Fsp3) is 0.250. The average Bonchev–Trinajstić information content (AvgIpc) is 2.86. The molecule has 1 heteroatoms. The van der Waals surface area contributed by atoms with Crippen LogP contribution in [0.1, 0.15) is 61.8 Å². The molecule has 4 aromatic rings. The Hall–Kier alpha value is -3.37. The zero-order valence-electron chi connectivity index (χ0n) is 19.6. The second-order valence-electron chi connectivity index (χ2n) is 8.71. The van der Waals surface area contributed by atoms with Gasteiger partial charge in [0.1, 0.15) is 5.82 Å². The normalized spacial score (nSPS) is 10.8. The summed E-state index contributed by atoms with van der Waals surface area (Å²) >= 11 is 0. The summed E-state index contributed by atoms with van der Waals surface area (Å²) in [5.74, 6) is 6.30. The number of rotatable bonds is 7. The molecule has 0 fully saturated rings. The maximum atomic E-state index is 15.3. The van der Waals surface area contributed by atoms with Crippen LogP contribution in [0.2, 0.25) is 0 Å². The number of unbranched alkanes of at least 4 members (excludes halogenated alkanes) is 2. The van der Waals surface area contributed by atoms with E-state index in [4.69, 9.17) is 0 Å². The molecule has 0 aliphatic heterocycles. The molecule has 0 amide bonds. The van der Waals surface area contributed by atoms with Gasteiger partial charge >= 0.3 is 0 Å². The Morgan fingerprint density at radius 1 is 0.636 bits per heavy atom. The smallest absolute Gasteiger partial charge is 0.138 e. The molecule has 0 aliphatic rings. The van der Waals surface area contributed by atoms with Gasteiger partial charge in [-0.05, 0) is 72.0 Å². The van der Waals surface area contributed by atoms with E-state index >= 15 is 4.39 Å². The lowest BCUT2D eigenvalue weighted by Gasteiger charge is -2.09. The van der Waals surface area contributed by atoms with Crippen molar-refractivity contribution < 1.29 is 4.39 Å². The van der Waals surface area contributed by atoms with E-state index in [1.54, 1.807) is 0 Å². The van der Waals surface area contributed by atoms with Gasteiger partial charge in [0.15, 0.2) is 0 Å². The Bertz CT molecular complexity index is 1270. The third-order valence-corrected chi connectivity index (χ3v) is 6.16. The van der Waals surface area contributed by atoms with Crippen LogP contribution in [0.4, 0.5) is 4.39 Å². The number of halogens is 1. The minimum absolute atomic E-state index is 0.170. The largest absolute Gasteiger partial charge is 0.206 e. The lowest BCUT2D eigenvalue weighted by Crippen LogP contribution is -1.89. The van der Waals surface area contributed by atoms with Crippen LogP contribution in [0.3, 0.4) is 0 Å². The van der Waals surface area contributed by atoms with Gasteiger partial charge < -0.3 is 0 Å². The predicted molar refractivity (Wildman–Crippen MR) is 139 cm³/mol. The summed E-state index contributed by atoms with van der Waals surface area (Å²) in [4.78, 5) is 0. The number of hydrogen-bond donors (Lipinski definition) is 0. The first-order valence-electron chi connectivity index (χ1n) is 12.1. The van der Waals surface area contributed by atoms with Crippen molar-refractivity contribution in [1.29, 1.82) is 0 Å². The highest BCUT2D eigenvalue weighted by Crippen LogP contribution is 2.30. The van der Waals surface area contributed by atoms with Crippen LogP contribution in [0, 0.1) is 17.7 Å². The van der Waals surface area contributed by atoms with E-state index in [9.17, 15) is 0 Å². The molecule has 4 aromatic carbocycles. The summed E-state index contributed by atoms with van der Waals surface area (Å²) < 4.78 is 15.3. The quantitative estimate of drug-likeness (QED) is 0.255. The van der Waals surface area contributed by atoms with E-state index in [0.717, 1.165) is 34.9 Å². The van der Waals surface area contributed by atoms with Gasteiger partial charge in [0.05, 0.1) is 0 Å². The van der Waals surface area contributed by atoms with Gasteiger partial charge in [0.25, 0.3) is 0 Å². The standard InChI is InChI=1S/C32H31F/c1-3-5-7-24-9-11-26(12-10-24)13-14-27-17-21-31-29(23-27)20-22-30(32(31)33)28-18-15-25(16-19-28)8-6-4-2/h9-12,15-23H,3-8H2,1-2H3. The van der Waals surface area contributed by atoms with E-state index in [2.05, 4.69) is 62.1 Å². The van der Waals surface area contributed by atoms with Gasteiger partial charge in [-0.2, -0.15) is 0 Å². The van der Waals surface area contributed by atoms with Crippen LogP contribution < -0.4 is 0 Å². The van der Waals surface area contributed by atoms with Crippen LogP contribution in [-0.2, 0) is 12.8 Å². The second kappa shape index (κ2) is 11.0. The lowest BCUT2D eigenvalue weighted by atomic mass is 9.97. The molecule has 0 aliphatic carbocycles. The molecule has 4 rings (SSSR count). The summed E-state index contributed by atoms with van der Waals surface area (Å²) in [6.07, 6.45) is 6.97. The molecule has 0 saturated carbocycles. The van der Waals surface area contributed by atoms with Gasteiger partial charge in [-0.3, -0.25) is 0 Å². The molecule has 0 N–H and O–H groups in total. The van der Waals surface area contributed by atoms with Gasteiger partial charge in [-0.1, -0.05) is 93.1 Å². The molecule has 33 heavy (non-hydrogen) atoms. The zero-order chi connectivity index (χ0) is 23.0. The highest BCUT2D eigenvalue weighted by molar-refractivity contribution is 5.89. The van der Waals surface area contributed by atoms with Crippen molar-refractivity contribution in [3.63, 3.8) is 0 Å². The first-order chi connectivity index (χ1) is 16.2. The first kappa shape index (κ1) is 22.8. The Balaban J connectivity index is 1.54. The van der Waals surface area contributed by atoms with Crippen molar-refractivity contribution in [3.8, 4) is 23.0 Å². The van der Waals surface area contributed by atoms with Crippen molar-refractivity contribution in [2.24, 2.45) is 0 Å². The van der Waals surface area contributed by atoms with E-state index in [1.807, 2.05) is 42.5 Å². The van der Waals surface area contributed by atoms with Crippen molar-refractivity contribution in [2.45, 2.75) is 52.4 Å². The molecular weight excluding hydrogens is 403 g/mol. The van der Waals surface area contributed by atoms with Crippen molar-refractivity contribution in [2.75, 3.05) is 0 Å². The minimum Gasteiger partial charge on any atom is -0.206 e. The number of hydrogen-bond acceptors (Lipinski definition) is 0. The third-order valence-electron chi connectivity index (χ3n) is 6.16. The average molecular weight is 435 g/mol. The van der Waals surface area contributed by atoms with E-state index in [-0.39, 0.29) is 5.82 Å². The summed E-state index contributed by atoms with van der Waals surface area (Å²) in [5, 5.41) is 1.51. The second-order valence-corrected chi connectivity index (χ2v) is 8.71. The van der Waals surface area contributed by atoms with Crippen molar-refractivity contribution in [1.82, 2.24) is 0 Å². The molecule has 0 atom stereocenters.